The van der Waals surface area contributed by atoms with E-state index >= 15 is 0 Å². The first-order chi connectivity index (χ1) is 8.24. The minimum absolute atomic E-state index is 0.157. The molecule has 0 heterocycles. The van der Waals surface area contributed by atoms with E-state index in [1.54, 1.807) is 0 Å². The molecule has 1 aliphatic carbocycles. The Morgan fingerprint density at radius 1 is 1.41 bits per heavy atom. The molecule has 0 aromatic heterocycles. The van der Waals surface area contributed by atoms with Crippen LogP contribution < -0.4 is 5.43 Å². The van der Waals surface area contributed by atoms with Crippen molar-refractivity contribution in [1.82, 2.24) is 5.43 Å². The van der Waals surface area contributed by atoms with E-state index in [-0.39, 0.29) is 6.10 Å². The summed E-state index contributed by atoms with van der Waals surface area (Å²) in [6.07, 6.45) is 0.427. The fraction of sp³-hybridized carbons (Fsp3) is 0.333. The zero-order valence-electron chi connectivity index (χ0n) is 9.30. The molecule has 0 saturated heterocycles. The molecule has 5 nitrogen and oxygen atoms in total. The van der Waals surface area contributed by atoms with Crippen LogP contribution in [0.1, 0.15) is 18.4 Å². The number of benzene rings is 1. The lowest BCUT2D eigenvalue weighted by Crippen LogP contribution is -2.33. The molecule has 0 bridgehead atoms. The van der Waals surface area contributed by atoms with Crippen molar-refractivity contribution in [2.45, 2.75) is 25.6 Å². The third kappa shape index (κ3) is 3.57. The Labute approximate surface area is 99.1 Å². The Morgan fingerprint density at radius 3 is 2.76 bits per heavy atom. The first kappa shape index (κ1) is 11.6. The van der Waals surface area contributed by atoms with Gasteiger partial charge in [0.25, 0.3) is 0 Å². The molecule has 1 aromatic carbocycles. The van der Waals surface area contributed by atoms with Gasteiger partial charge in [-0.15, -0.1) is 0 Å². The molecule has 0 atom stereocenters. The van der Waals surface area contributed by atoms with E-state index < -0.39 is 6.09 Å². The Kier molecular flexibility index (Phi) is 3.72. The lowest BCUT2D eigenvalue weighted by Gasteiger charge is -2.27. The van der Waals surface area contributed by atoms with Gasteiger partial charge in [-0.2, -0.15) is 5.10 Å². The van der Waals surface area contributed by atoms with Gasteiger partial charge in [0.15, 0.2) is 0 Å². The standard InChI is InChI=1S/C12H14N2O3/c15-12(16)14-13-10-6-11(7-10)17-8-9-4-2-1-3-5-9/h1-5,11,14H,6-8H2,(H,15,16). The maximum atomic E-state index is 10.2. The smallest absolute Gasteiger partial charge is 0.425 e. The number of nitrogens with zero attached hydrogens (tertiary/aromatic N) is 1. The second kappa shape index (κ2) is 5.45. The molecule has 2 N–H and O–H groups in total. The second-order valence-corrected chi connectivity index (χ2v) is 3.92. The topological polar surface area (TPSA) is 70.9 Å². The Balaban J connectivity index is 1.68. The van der Waals surface area contributed by atoms with E-state index in [9.17, 15) is 4.79 Å². The molecule has 0 spiro atoms. The van der Waals surface area contributed by atoms with Gasteiger partial charge < -0.3 is 9.84 Å². The number of ether oxygens (including phenoxy) is 1. The summed E-state index contributed by atoms with van der Waals surface area (Å²) in [5.74, 6) is 0. The van der Waals surface area contributed by atoms with E-state index in [2.05, 4.69) is 5.10 Å². The zero-order valence-corrected chi connectivity index (χ0v) is 9.30. The van der Waals surface area contributed by atoms with Crippen molar-refractivity contribution < 1.29 is 14.6 Å². The van der Waals surface area contributed by atoms with Crippen molar-refractivity contribution in [3.8, 4) is 0 Å². The van der Waals surface area contributed by atoms with Gasteiger partial charge in [-0.3, -0.25) is 0 Å². The fourth-order valence-corrected chi connectivity index (χ4v) is 1.59. The van der Waals surface area contributed by atoms with Crippen molar-refractivity contribution in [1.29, 1.82) is 0 Å². The van der Waals surface area contributed by atoms with Crippen molar-refractivity contribution in [2.24, 2.45) is 5.10 Å². The number of carboxylic acid groups (broad SMARTS) is 1. The Morgan fingerprint density at radius 2 is 2.12 bits per heavy atom. The number of rotatable bonds is 4. The largest absolute Gasteiger partial charge is 0.464 e. The maximum absolute atomic E-state index is 10.2. The average molecular weight is 234 g/mol. The highest BCUT2D eigenvalue weighted by atomic mass is 16.5. The first-order valence-corrected chi connectivity index (χ1v) is 5.44. The summed E-state index contributed by atoms with van der Waals surface area (Å²) < 4.78 is 5.65. The van der Waals surface area contributed by atoms with Crippen LogP contribution in [0, 0.1) is 0 Å². The van der Waals surface area contributed by atoms with Crippen LogP contribution >= 0.6 is 0 Å². The molecule has 1 fully saturated rings. The molecule has 2 rings (SSSR count). The van der Waals surface area contributed by atoms with E-state index in [0.29, 0.717) is 19.4 Å². The van der Waals surface area contributed by atoms with Gasteiger partial charge in [-0.1, -0.05) is 30.3 Å². The van der Waals surface area contributed by atoms with E-state index in [0.717, 1.165) is 11.3 Å². The van der Waals surface area contributed by atoms with Crippen LogP contribution in [-0.2, 0) is 11.3 Å². The molecule has 1 amide bonds. The third-order valence-corrected chi connectivity index (χ3v) is 2.56. The SMILES string of the molecule is O=C(O)NN=C1CC(OCc2ccccc2)C1. The number of carbonyl (C=O) groups is 1. The summed E-state index contributed by atoms with van der Waals surface area (Å²) in [7, 11) is 0. The molecule has 1 aromatic rings. The summed E-state index contributed by atoms with van der Waals surface area (Å²) in [5.41, 5.74) is 3.97. The van der Waals surface area contributed by atoms with Crippen LogP contribution in [0.15, 0.2) is 35.4 Å². The van der Waals surface area contributed by atoms with Gasteiger partial charge in [-0.05, 0) is 5.56 Å². The Bertz CT molecular complexity index is 409. The summed E-state index contributed by atoms with van der Waals surface area (Å²) in [6.45, 7) is 0.588. The highest BCUT2D eigenvalue weighted by Gasteiger charge is 2.25. The van der Waals surface area contributed by atoms with Crippen LogP contribution in [0.25, 0.3) is 0 Å². The van der Waals surface area contributed by atoms with Gasteiger partial charge >= 0.3 is 6.09 Å². The van der Waals surface area contributed by atoms with E-state index in [1.807, 2.05) is 35.8 Å². The minimum atomic E-state index is -1.13. The summed E-state index contributed by atoms with van der Waals surface area (Å²) >= 11 is 0. The summed E-state index contributed by atoms with van der Waals surface area (Å²) in [4.78, 5) is 10.2. The monoisotopic (exact) mass is 234 g/mol. The van der Waals surface area contributed by atoms with E-state index in [1.165, 1.54) is 0 Å². The molecule has 0 aliphatic heterocycles. The lowest BCUT2D eigenvalue weighted by molar-refractivity contribution is 0.0340. The number of amides is 1. The van der Waals surface area contributed by atoms with Crippen LogP contribution in [0.2, 0.25) is 0 Å². The third-order valence-electron chi connectivity index (χ3n) is 2.56. The molecule has 0 radical (unpaired) electrons. The summed E-state index contributed by atoms with van der Waals surface area (Å²) in [6, 6.07) is 9.95. The van der Waals surface area contributed by atoms with E-state index in [4.69, 9.17) is 9.84 Å². The highest BCUT2D eigenvalue weighted by Crippen LogP contribution is 2.21. The zero-order chi connectivity index (χ0) is 12.1. The molecule has 17 heavy (non-hydrogen) atoms. The number of nitrogens with one attached hydrogen (secondary N) is 1. The van der Waals surface area contributed by atoms with Gasteiger partial charge in [-0.25, -0.2) is 10.2 Å². The molecular formula is C12H14N2O3. The highest BCUT2D eigenvalue weighted by molar-refractivity contribution is 5.91. The second-order valence-electron chi connectivity index (χ2n) is 3.92. The quantitative estimate of drug-likeness (QED) is 0.782. The molecular weight excluding hydrogens is 220 g/mol. The normalized spacial score (nSPS) is 18.4. The van der Waals surface area contributed by atoms with Gasteiger partial charge in [0, 0.05) is 18.6 Å². The summed E-state index contributed by atoms with van der Waals surface area (Å²) in [5, 5.41) is 12.1. The Hall–Kier alpha value is -1.88. The van der Waals surface area contributed by atoms with Gasteiger partial charge in [0.1, 0.15) is 0 Å². The van der Waals surface area contributed by atoms with Gasteiger partial charge in [0.05, 0.1) is 12.7 Å². The van der Waals surface area contributed by atoms with Gasteiger partial charge in [0.2, 0.25) is 0 Å². The van der Waals surface area contributed by atoms with Crippen LogP contribution in [0.4, 0.5) is 4.79 Å². The predicted octanol–water partition coefficient (Wildman–Crippen LogP) is 1.99. The lowest BCUT2D eigenvalue weighted by atomic mass is 9.93. The number of hydrazone groups is 1. The van der Waals surface area contributed by atoms with Crippen LogP contribution in [0.3, 0.4) is 0 Å². The van der Waals surface area contributed by atoms with Crippen LogP contribution in [-0.4, -0.2) is 23.0 Å². The first-order valence-electron chi connectivity index (χ1n) is 5.44. The average Bonchev–Trinajstić information content (AvgIpc) is 2.27. The fourth-order valence-electron chi connectivity index (χ4n) is 1.59. The van der Waals surface area contributed by atoms with Crippen LogP contribution in [0.5, 0.6) is 0 Å². The molecule has 90 valence electrons. The van der Waals surface area contributed by atoms with Crippen molar-refractivity contribution in [2.75, 3.05) is 0 Å². The number of hydrogen-bond donors (Lipinski definition) is 2. The van der Waals surface area contributed by atoms with Crippen molar-refractivity contribution in [3.63, 3.8) is 0 Å². The molecule has 1 saturated carbocycles. The number of hydrogen-bond acceptors (Lipinski definition) is 3. The molecule has 1 aliphatic rings. The molecule has 5 heteroatoms. The molecule has 0 unspecified atom stereocenters. The van der Waals surface area contributed by atoms with Crippen molar-refractivity contribution >= 4 is 11.8 Å². The maximum Gasteiger partial charge on any atom is 0.425 e. The minimum Gasteiger partial charge on any atom is -0.464 e. The van der Waals surface area contributed by atoms with Crippen molar-refractivity contribution in [3.05, 3.63) is 35.9 Å². The predicted molar refractivity (Wildman–Crippen MR) is 62.8 cm³/mol.